The average molecular weight is 320 g/mol. The standard InChI is InChI=1S/C16H20N2O5/c1-10-7-18(8-11(2)23-10)15(19)6-17-16(20)12-3-4-13-14(5-12)22-9-21-13/h3-5,10-11H,6-9H2,1-2H3,(H,17,20). The third-order valence-electron chi connectivity index (χ3n) is 3.81. The van der Waals surface area contributed by atoms with Crippen LogP contribution >= 0.6 is 0 Å². The third-order valence-corrected chi connectivity index (χ3v) is 3.81. The number of carbonyl (C=O) groups is 2. The van der Waals surface area contributed by atoms with Crippen molar-refractivity contribution in [1.29, 1.82) is 0 Å². The number of benzene rings is 1. The first-order chi connectivity index (χ1) is 11.0. The summed E-state index contributed by atoms with van der Waals surface area (Å²) in [7, 11) is 0. The molecular weight excluding hydrogens is 300 g/mol. The third kappa shape index (κ3) is 3.56. The second kappa shape index (κ2) is 6.45. The van der Waals surface area contributed by atoms with E-state index in [0.29, 0.717) is 30.2 Å². The lowest BCUT2D eigenvalue weighted by atomic mass is 10.2. The maximum Gasteiger partial charge on any atom is 0.251 e. The van der Waals surface area contributed by atoms with Crippen LogP contribution in [0.1, 0.15) is 24.2 Å². The number of morpholine rings is 1. The highest BCUT2D eigenvalue weighted by molar-refractivity contribution is 5.97. The van der Waals surface area contributed by atoms with Crippen LogP contribution in [-0.2, 0) is 9.53 Å². The summed E-state index contributed by atoms with van der Waals surface area (Å²) in [6.45, 7) is 5.08. The number of amides is 2. The molecule has 2 aliphatic rings. The number of hydrogen-bond donors (Lipinski definition) is 1. The van der Waals surface area contributed by atoms with Crippen LogP contribution < -0.4 is 14.8 Å². The Morgan fingerprint density at radius 2 is 1.87 bits per heavy atom. The highest BCUT2D eigenvalue weighted by Crippen LogP contribution is 2.32. The Labute approximate surface area is 134 Å². The van der Waals surface area contributed by atoms with Gasteiger partial charge in [0.25, 0.3) is 5.91 Å². The highest BCUT2D eigenvalue weighted by Gasteiger charge is 2.26. The molecule has 2 atom stereocenters. The van der Waals surface area contributed by atoms with E-state index in [4.69, 9.17) is 14.2 Å². The molecular formula is C16H20N2O5. The van der Waals surface area contributed by atoms with Gasteiger partial charge < -0.3 is 24.4 Å². The van der Waals surface area contributed by atoms with Crippen LogP contribution in [-0.4, -0.2) is 55.3 Å². The van der Waals surface area contributed by atoms with Crippen LogP contribution in [0.2, 0.25) is 0 Å². The minimum atomic E-state index is -0.314. The van der Waals surface area contributed by atoms with Crippen LogP contribution in [0, 0.1) is 0 Å². The summed E-state index contributed by atoms with van der Waals surface area (Å²) in [5.74, 6) is 0.737. The molecule has 0 aromatic heterocycles. The minimum Gasteiger partial charge on any atom is -0.454 e. The van der Waals surface area contributed by atoms with Crippen molar-refractivity contribution in [3.8, 4) is 11.5 Å². The maximum atomic E-state index is 12.2. The molecule has 0 saturated carbocycles. The Morgan fingerprint density at radius 1 is 1.17 bits per heavy atom. The molecule has 2 amide bonds. The highest BCUT2D eigenvalue weighted by atomic mass is 16.7. The molecule has 7 nitrogen and oxygen atoms in total. The van der Waals surface area contributed by atoms with Gasteiger partial charge in [0.1, 0.15) is 0 Å². The minimum absolute atomic E-state index is 0.00672. The van der Waals surface area contributed by atoms with Gasteiger partial charge in [-0.15, -0.1) is 0 Å². The molecule has 1 saturated heterocycles. The monoisotopic (exact) mass is 320 g/mol. The van der Waals surface area contributed by atoms with Crippen molar-refractivity contribution in [1.82, 2.24) is 10.2 Å². The van der Waals surface area contributed by atoms with Crippen molar-refractivity contribution in [2.45, 2.75) is 26.1 Å². The zero-order valence-electron chi connectivity index (χ0n) is 13.2. The van der Waals surface area contributed by atoms with Gasteiger partial charge >= 0.3 is 0 Å². The fourth-order valence-electron chi connectivity index (χ4n) is 2.79. The predicted octanol–water partition coefficient (Wildman–Crippen LogP) is 0.781. The Morgan fingerprint density at radius 3 is 2.61 bits per heavy atom. The first-order valence-electron chi connectivity index (χ1n) is 7.64. The van der Waals surface area contributed by atoms with E-state index in [1.165, 1.54) is 0 Å². The van der Waals surface area contributed by atoms with Gasteiger partial charge in [-0.05, 0) is 32.0 Å². The summed E-state index contributed by atoms with van der Waals surface area (Å²) in [5.41, 5.74) is 0.436. The van der Waals surface area contributed by atoms with Gasteiger partial charge in [-0.25, -0.2) is 0 Å². The van der Waals surface area contributed by atoms with Gasteiger partial charge in [0, 0.05) is 18.7 Å². The molecule has 124 valence electrons. The van der Waals surface area contributed by atoms with Gasteiger partial charge in [0.2, 0.25) is 12.7 Å². The van der Waals surface area contributed by atoms with Gasteiger partial charge in [0.15, 0.2) is 11.5 Å². The van der Waals surface area contributed by atoms with E-state index < -0.39 is 0 Å². The van der Waals surface area contributed by atoms with Gasteiger partial charge in [0.05, 0.1) is 18.8 Å². The lowest BCUT2D eigenvalue weighted by Crippen LogP contribution is -2.51. The number of ether oxygens (including phenoxy) is 3. The first kappa shape index (κ1) is 15.6. The summed E-state index contributed by atoms with van der Waals surface area (Å²) in [5, 5.41) is 2.65. The predicted molar refractivity (Wildman–Crippen MR) is 81.5 cm³/mol. The van der Waals surface area contributed by atoms with Crippen molar-refractivity contribution in [2.75, 3.05) is 26.4 Å². The largest absolute Gasteiger partial charge is 0.454 e. The van der Waals surface area contributed by atoms with Crippen molar-refractivity contribution >= 4 is 11.8 Å². The Bertz CT molecular complexity index is 608. The first-order valence-corrected chi connectivity index (χ1v) is 7.64. The van der Waals surface area contributed by atoms with E-state index in [9.17, 15) is 9.59 Å². The average Bonchev–Trinajstić information content (AvgIpc) is 2.98. The van der Waals surface area contributed by atoms with Crippen molar-refractivity contribution in [3.05, 3.63) is 23.8 Å². The Hall–Kier alpha value is -2.28. The zero-order chi connectivity index (χ0) is 16.4. The summed E-state index contributed by atoms with van der Waals surface area (Å²) in [4.78, 5) is 26.1. The van der Waals surface area contributed by atoms with E-state index in [2.05, 4.69) is 5.32 Å². The normalized spacial score (nSPS) is 22.8. The lowest BCUT2D eigenvalue weighted by molar-refractivity contribution is -0.142. The number of nitrogens with zero attached hydrogens (tertiary/aromatic N) is 1. The molecule has 0 spiro atoms. The smallest absolute Gasteiger partial charge is 0.251 e. The molecule has 2 aliphatic heterocycles. The van der Waals surface area contributed by atoms with Gasteiger partial charge in [-0.2, -0.15) is 0 Å². The number of rotatable bonds is 3. The van der Waals surface area contributed by atoms with E-state index in [0.717, 1.165) is 0 Å². The lowest BCUT2D eigenvalue weighted by Gasteiger charge is -2.35. The Kier molecular flexibility index (Phi) is 4.38. The molecule has 7 heteroatoms. The fraction of sp³-hybridized carbons (Fsp3) is 0.500. The maximum absolute atomic E-state index is 12.2. The number of hydrogen-bond acceptors (Lipinski definition) is 5. The van der Waals surface area contributed by atoms with E-state index >= 15 is 0 Å². The van der Waals surface area contributed by atoms with Crippen LogP contribution in [0.3, 0.4) is 0 Å². The molecule has 23 heavy (non-hydrogen) atoms. The zero-order valence-corrected chi connectivity index (χ0v) is 13.2. The molecule has 2 heterocycles. The number of nitrogens with one attached hydrogen (secondary N) is 1. The SMILES string of the molecule is CC1CN(C(=O)CNC(=O)c2ccc3c(c2)OCO3)CC(C)O1. The van der Waals surface area contributed by atoms with Crippen molar-refractivity contribution in [3.63, 3.8) is 0 Å². The van der Waals surface area contributed by atoms with E-state index in [1.807, 2.05) is 13.8 Å². The van der Waals surface area contributed by atoms with E-state index in [-0.39, 0.29) is 37.4 Å². The second-order valence-corrected chi connectivity index (χ2v) is 5.81. The molecule has 1 aromatic rings. The molecule has 1 aromatic carbocycles. The van der Waals surface area contributed by atoms with Gasteiger partial charge in [-0.3, -0.25) is 9.59 Å². The number of fused-ring (bicyclic) bond motifs is 1. The van der Waals surface area contributed by atoms with Crippen LogP contribution in [0.15, 0.2) is 18.2 Å². The fourth-order valence-corrected chi connectivity index (χ4v) is 2.79. The van der Waals surface area contributed by atoms with E-state index in [1.54, 1.807) is 23.1 Å². The molecule has 1 fully saturated rings. The summed E-state index contributed by atoms with van der Waals surface area (Å²) < 4.78 is 16.0. The summed E-state index contributed by atoms with van der Waals surface area (Å²) in [6, 6.07) is 4.94. The Balaban J connectivity index is 1.55. The topological polar surface area (TPSA) is 77.1 Å². The second-order valence-electron chi connectivity index (χ2n) is 5.81. The summed E-state index contributed by atoms with van der Waals surface area (Å²) in [6.07, 6.45) is 0.0134. The van der Waals surface area contributed by atoms with Crippen molar-refractivity contribution < 1.29 is 23.8 Å². The van der Waals surface area contributed by atoms with Gasteiger partial charge in [-0.1, -0.05) is 0 Å². The van der Waals surface area contributed by atoms with Crippen LogP contribution in [0.25, 0.3) is 0 Å². The molecule has 3 rings (SSSR count). The summed E-state index contributed by atoms with van der Waals surface area (Å²) >= 11 is 0. The van der Waals surface area contributed by atoms with Crippen LogP contribution in [0.5, 0.6) is 11.5 Å². The molecule has 2 unspecified atom stereocenters. The van der Waals surface area contributed by atoms with Crippen LogP contribution in [0.4, 0.5) is 0 Å². The molecule has 1 N–H and O–H groups in total. The molecule has 0 radical (unpaired) electrons. The molecule has 0 aliphatic carbocycles. The van der Waals surface area contributed by atoms with Crippen molar-refractivity contribution in [2.24, 2.45) is 0 Å². The molecule has 0 bridgehead atoms. The quantitative estimate of drug-likeness (QED) is 0.890. The number of carbonyl (C=O) groups excluding carboxylic acids is 2.